The second-order valence-corrected chi connectivity index (χ2v) is 12.6. The zero-order valence-electron chi connectivity index (χ0n) is 29.4. The molecule has 2 aliphatic rings. The molecule has 17 heteroatoms. The molecule has 0 aliphatic carbocycles. The number of amides is 1. The van der Waals surface area contributed by atoms with Crippen LogP contribution in [-0.2, 0) is 12.7 Å². The molecular formula is C37H40Cl3F3N8O3. The van der Waals surface area contributed by atoms with Crippen molar-refractivity contribution >= 4 is 43.1 Å². The van der Waals surface area contributed by atoms with E-state index in [1.807, 2.05) is 41.3 Å². The number of carbonyl (C=O) groups excluding carboxylic acids is 1. The first-order chi connectivity index (χ1) is 24.8. The molecule has 1 amide bonds. The van der Waals surface area contributed by atoms with E-state index in [9.17, 15) is 18.0 Å². The molecule has 54 heavy (non-hydrogen) atoms. The third-order valence-electron chi connectivity index (χ3n) is 9.70. The average Bonchev–Trinajstić information content (AvgIpc) is 3.67. The van der Waals surface area contributed by atoms with Crippen molar-refractivity contribution in [3.8, 4) is 17.2 Å². The van der Waals surface area contributed by atoms with Crippen LogP contribution in [0, 0.1) is 0 Å². The number of carbonyl (C=O) groups is 1. The highest BCUT2D eigenvalue weighted by Crippen LogP contribution is 2.40. The minimum Gasteiger partial charge on any atom is -0.496 e. The van der Waals surface area contributed by atoms with Crippen LogP contribution in [0.15, 0.2) is 97.2 Å². The number of nitrogens with zero attached hydrogens (tertiary/aromatic N) is 8. The molecule has 2 saturated heterocycles. The first-order valence-corrected chi connectivity index (χ1v) is 16.6. The first-order valence-electron chi connectivity index (χ1n) is 16.6. The third-order valence-corrected chi connectivity index (χ3v) is 9.70. The predicted molar refractivity (Wildman–Crippen MR) is 203 cm³/mol. The van der Waals surface area contributed by atoms with Crippen LogP contribution >= 0.6 is 37.2 Å². The molecule has 5 aromatic rings. The standard InChI is InChI=1S/C37H37F3N8O3.3ClH/c1-50-32-17-16-30(48-36(37(38,39)40)42-43-44-48)34(51-2)28(32)23-45-21-27-22-46(35(49)29-15-9-10-18-41-29)19-20-47(27)31(24-45)33(25-11-5-3-6-12-25)26-13-7-4-8-14-26;;;/h3-18,27,31,33H,19-24H2,1-2H3;3*1H/t27-,31?;;;/m1.../s1. The van der Waals surface area contributed by atoms with E-state index in [2.05, 4.69) is 54.6 Å². The van der Waals surface area contributed by atoms with Crippen LogP contribution in [0.25, 0.3) is 5.69 Å². The molecule has 0 N–H and O–H groups in total. The van der Waals surface area contributed by atoms with Crippen LogP contribution in [0.3, 0.4) is 0 Å². The minimum absolute atomic E-state index is 0. The SMILES string of the molecule is COc1ccc(-n2nnnc2C(F)(F)F)c(OC)c1CN1CC(C(c2ccccc2)c2ccccc2)N2CCN(C(=O)c3ccccn3)C[C@H]2C1.Cl.Cl.Cl. The van der Waals surface area contributed by atoms with Crippen LogP contribution in [0.5, 0.6) is 11.5 Å². The van der Waals surface area contributed by atoms with Gasteiger partial charge in [0, 0.05) is 63.5 Å². The van der Waals surface area contributed by atoms with E-state index < -0.39 is 12.0 Å². The number of rotatable bonds is 9. The lowest BCUT2D eigenvalue weighted by Gasteiger charge is -2.53. The number of fused-ring (bicyclic) bond motifs is 1. The highest BCUT2D eigenvalue weighted by Gasteiger charge is 2.44. The van der Waals surface area contributed by atoms with E-state index in [4.69, 9.17) is 9.47 Å². The van der Waals surface area contributed by atoms with Gasteiger partial charge in [-0.25, -0.2) is 0 Å². The monoisotopic (exact) mass is 806 g/mol. The number of piperazine rings is 2. The summed E-state index contributed by atoms with van der Waals surface area (Å²) in [5, 5.41) is 10.2. The summed E-state index contributed by atoms with van der Waals surface area (Å²) >= 11 is 0. The quantitative estimate of drug-likeness (QED) is 0.172. The Morgan fingerprint density at radius 3 is 2.09 bits per heavy atom. The molecule has 1 unspecified atom stereocenters. The van der Waals surface area contributed by atoms with Gasteiger partial charge < -0.3 is 14.4 Å². The van der Waals surface area contributed by atoms with Crippen molar-refractivity contribution in [3.05, 3.63) is 125 Å². The second kappa shape index (κ2) is 18.2. The van der Waals surface area contributed by atoms with Crippen molar-refractivity contribution < 1.29 is 27.4 Å². The Hall–Kier alpha value is -4.47. The molecule has 2 atom stereocenters. The minimum atomic E-state index is -4.79. The van der Waals surface area contributed by atoms with E-state index in [0.29, 0.717) is 54.4 Å². The van der Waals surface area contributed by atoms with Crippen LogP contribution in [0.1, 0.15) is 38.9 Å². The summed E-state index contributed by atoms with van der Waals surface area (Å²) in [5.41, 5.74) is 3.32. The molecule has 288 valence electrons. The second-order valence-electron chi connectivity index (χ2n) is 12.6. The maximum Gasteiger partial charge on any atom is 0.453 e. The van der Waals surface area contributed by atoms with Crippen LogP contribution in [0.2, 0.25) is 0 Å². The van der Waals surface area contributed by atoms with E-state index in [1.165, 1.54) is 20.3 Å². The topological polar surface area (TPSA) is 102 Å². The van der Waals surface area contributed by atoms with Crippen molar-refractivity contribution in [1.29, 1.82) is 0 Å². The molecule has 7 rings (SSSR count). The summed E-state index contributed by atoms with van der Waals surface area (Å²) in [6, 6.07) is 29.1. The number of tetrazole rings is 1. The largest absolute Gasteiger partial charge is 0.496 e. The Bertz CT molecular complexity index is 1920. The van der Waals surface area contributed by atoms with Gasteiger partial charge in [0.2, 0.25) is 0 Å². The van der Waals surface area contributed by atoms with E-state index in [-0.39, 0.29) is 79.1 Å². The highest BCUT2D eigenvalue weighted by atomic mass is 35.5. The summed E-state index contributed by atoms with van der Waals surface area (Å²) in [6.07, 6.45) is -3.17. The molecule has 0 bridgehead atoms. The first kappa shape index (κ1) is 42.3. The molecule has 2 aromatic heterocycles. The fourth-order valence-corrected chi connectivity index (χ4v) is 7.51. The van der Waals surface area contributed by atoms with Crippen molar-refractivity contribution in [2.24, 2.45) is 0 Å². The molecule has 0 spiro atoms. The molecule has 3 aromatic carbocycles. The van der Waals surface area contributed by atoms with Gasteiger partial charge in [0.05, 0.1) is 19.8 Å². The molecular weight excluding hydrogens is 768 g/mol. The Labute approximate surface area is 329 Å². The molecule has 0 saturated carbocycles. The smallest absolute Gasteiger partial charge is 0.453 e. The van der Waals surface area contributed by atoms with E-state index in [1.54, 1.807) is 30.5 Å². The fraction of sp³-hybridized carbons (Fsp3) is 0.324. The summed E-state index contributed by atoms with van der Waals surface area (Å²) in [4.78, 5) is 24.6. The number of methoxy groups -OCH3 is 2. The number of hydrogen-bond donors (Lipinski definition) is 0. The Balaban J connectivity index is 0.00000217. The molecule has 0 radical (unpaired) electrons. The number of ether oxygens (including phenoxy) is 2. The Kier molecular flexibility index (Phi) is 14.3. The maximum absolute atomic E-state index is 13.9. The Morgan fingerprint density at radius 2 is 1.50 bits per heavy atom. The predicted octanol–water partition coefficient (Wildman–Crippen LogP) is 6.20. The van der Waals surface area contributed by atoms with Gasteiger partial charge in [0.1, 0.15) is 17.1 Å². The number of alkyl halides is 3. The number of pyridine rings is 1. The number of aromatic nitrogens is 5. The van der Waals surface area contributed by atoms with E-state index in [0.717, 1.165) is 11.1 Å². The van der Waals surface area contributed by atoms with Gasteiger partial charge in [-0.15, -0.1) is 42.3 Å². The summed E-state index contributed by atoms with van der Waals surface area (Å²) in [6.45, 7) is 3.18. The molecule has 2 aliphatic heterocycles. The lowest BCUT2D eigenvalue weighted by atomic mass is 9.81. The lowest BCUT2D eigenvalue weighted by Crippen LogP contribution is -2.67. The van der Waals surface area contributed by atoms with Gasteiger partial charge in [0.15, 0.2) is 5.75 Å². The van der Waals surface area contributed by atoms with Crippen LogP contribution < -0.4 is 9.47 Å². The van der Waals surface area contributed by atoms with Gasteiger partial charge in [-0.3, -0.25) is 19.6 Å². The zero-order chi connectivity index (χ0) is 35.5. The van der Waals surface area contributed by atoms with Crippen molar-refractivity contribution in [2.75, 3.05) is 46.9 Å². The van der Waals surface area contributed by atoms with Crippen LogP contribution in [0.4, 0.5) is 13.2 Å². The van der Waals surface area contributed by atoms with Gasteiger partial charge in [0.25, 0.3) is 11.7 Å². The fourth-order valence-electron chi connectivity index (χ4n) is 7.51. The van der Waals surface area contributed by atoms with Gasteiger partial charge in [-0.2, -0.15) is 17.9 Å². The Morgan fingerprint density at radius 1 is 0.833 bits per heavy atom. The molecule has 4 heterocycles. The summed E-state index contributed by atoms with van der Waals surface area (Å²) < 4.78 is 53.9. The number of halogens is 6. The lowest BCUT2D eigenvalue weighted by molar-refractivity contribution is -0.146. The highest BCUT2D eigenvalue weighted by molar-refractivity contribution is 5.92. The summed E-state index contributed by atoms with van der Waals surface area (Å²) in [7, 11) is 2.92. The maximum atomic E-state index is 13.9. The van der Waals surface area contributed by atoms with Gasteiger partial charge in [-0.05, 0) is 45.8 Å². The average molecular weight is 808 g/mol. The molecule has 2 fully saturated rings. The normalized spacial score (nSPS) is 17.4. The zero-order valence-corrected chi connectivity index (χ0v) is 31.8. The summed E-state index contributed by atoms with van der Waals surface area (Å²) in [5.74, 6) is -0.774. The number of hydrogen-bond acceptors (Lipinski definition) is 9. The van der Waals surface area contributed by atoms with Gasteiger partial charge >= 0.3 is 6.18 Å². The number of benzene rings is 3. The molecule has 11 nitrogen and oxygen atoms in total. The van der Waals surface area contributed by atoms with Gasteiger partial charge in [-0.1, -0.05) is 66.7 Å². The van der Waals surface area contributed by atoms with Crippen LogP contribution in [-0.4, -0.2) is 105 Å². The van der Waals surface area contributed by atoms with E-state index >= 15 is 0 Å². The van der Waals surface area contributed by atoms with Crippen molar-refractivity contribution in [1.82, 2.24) is 39.9 Å². The van der Waals surface area contributed by atoms with Crippen molar-refractivity contribution in [2.45, 2.75) is 30.7 Å². The van der Waals surface area contributed by atoms with Crippen molar-refractivity contribution in [3.63, 3.8) is 0 Å². The third kappa shape index (κ3) is 8.58.